The summed E-state index contributed by atoms with van der Waals surface area (Å²) in [5.74, 6) is 0. The third kappa shape index (κ3) is 3.43. The van der Waals surface area contributed by atoms with Gasteiger partial charge in [0.1, 0.15) is 0 Å². The van der Waals surface area contributed by atoms with E-state index in [0.717, 1.165) is 29.0 Å². The van der Waals surface area contributed by atoms with Crippen molar-refractivity contribution in [3.8, 4) is 0 Å². The number of halogens is 1. The van der Waals surface area contributed by atoms with Gasteiger partial charge in [0, 0.05) is 27.8 Å². The Morgan fingerprint density at radius 2 is 1.73 bits per heavy atom. The van der Waals surface area contributed by atoms with E-state index in [4.69, 9.17) is 11.6 Å². The van der Waals surface area contributed by atoms with Crippen molar-refractivity contribution in [2.75, 3.05) is 39.1 Å². The molecule has 2 nitrogen and oxygen atoms in total. The van der Waals surface area contributed by atoms with Crippen LogP contribution >= 0.6 is 23.4 Å². The minimum absolute atomic E-state index is 0.801. The van der Waals surface area contributed by atoms with Gasteiger partial charge in [-0.05, 0) is 30.3 Å². The van der Waals surface area contributed by atoms with Crippen LogP contribution in [0.15, 0.2) is 52.3 Å². The fourth-order valence-corrected chi connectivity index (χ4v) is 3.99. The van der Waals surface area contributed by atoms with Gasteiger partial charge in [0.2, 0.25) is 0 Å². The van der Waals surface area contributed by atoms with E-state index in [1.807, 2.05) is 17.8 Å². The van der Waals surface area contributed by atoms with Crippen LogP contribution in [0.25, 0.3) is 0 Å². The molecule has 0 amide bonds. The summed E-state index contributed by atoms with van der Waals surface area (Å²) in [6.45, 7) is 2.17. The fraction of sp³-hybridized carbons (Fsp3) is 0.333. The van der Waals surface area contributed by atoms with Gasteiger partial charge >= 0.3 is 0 Å². The van der Waals surface area contributed by atoms with Gasteiger partial charge in [0.05, 0.1) is 39.1 Å². The smallest absolute Gasteiger partial charge is 0.0797 e. The van der Waals surface area contributed by atoms with E-state index in [2.05, 4.69) is 62.4 Å². The highest BCUT2D eigenvalue weighted by molar-refractivity contribution is 7.99. The molecule has 0 saturated heterocycles. The lowest BCUT2D eigenvalue weighted by Gasteiger charge is -2.34. The molecule has 4 heteroatoms. The van der Waals surface area contributed by atoms with Gasteiger partial charge in [-0.2, -0.15) is 0 Å². The van der Waals surface area contributed by atoms with Crippen molar-refractivity contribution in [1.29, 1.82) is 0 Å². The van der Waals surface area contributed by atoms with Crippen LogP contribution in [-0.2, 0) is 0 Å². The van der Waals surface area contributed by atoms with Crippen molar-refractivity contribution in [3.63, 3.8) is 0 Å². The Bertz CT molecular complexity index is 679. The lowest BCUT2D eigenvalue weighted by molar-refractivity contribution is -0.870. The highest BCUT2D eigenvalue weighted by Crippen LogP contribution is 2.48. The molecule has 116 valence electrons. The lowest BCUT2D eigenvalue weighted by Crippen LogP contribution is -2.37. The first kappa shape index (κ1) is 15.7. The molecular weight excluding hydrogens is 313 g/mol. The zero-order valence-electron chi connectivity index (χ0n) is 13.3. The Balaban J connectivity index is 1.92. The monoisotopic (exact) mass is 334 g/mol. The van der Waals surface area contributed by atoms with Gasteiger partial charge in [-0.15, -0.1) is 0 Å². The molecule has 1 aliphatic heterocycles. The summed E-state index contributed by atoms with van der Waals surface area (Å²) in [4.78, 5) is 5.03. The summed E-state index contributed by atoms with van der Waals surface area (Å²) in [5, 5.41) is 0.801. The molecule has 0 saturated carbocycles. The van der Waals surface area contributed by atoms with E-state index < -0.39 is 0 Å². The number of fused-ring (bicyclic) bond motifs is 2. The highest BCUT2D eigenvalue weighted by atomic mass is 35.5. The number of para-hydroxylation sites is 1. The van der Waals surface area contributed by atoms with Gasteiger partial charge in [0.15, 0.2) is 0 Å². The summed E-state index contributed by atoms with van der Waals surface area (Å²) in [7, 11) is 6.72. The normalized spacial score (nSPS) is 13.7. The Kier molecular flexibility index (Phi) is 4.40. The minimum Gasteiger partial charge on any atom is -0.339 e. The Hall–Kier alpha value is -1.16. The standard InChI is InChI=1S/C18H22ClN2S/c1-21(2,3)12-6-11-20-15-7-4-5-8-17(15)22-18-10-9-14(19)13-16(18)20/h4-5,7-10,13H,6,11-12H2,1-3H3/q+1/i1+1. The number of hydrogen-bond acceptors (Lipinski definition) is 2. The van der Waals surface area contributed by atoms with E-state index in [1.54, 1.807) is 0 Å². The highest BCUT2D eigenvalue weighted by Gasteiger charge is 2.23. The maximum absolute atomic E-state index is 6.24. The molecule has 0 bridgehead atoms. The Morgan fingerprint density at radius 3 is 2.50 bits per heavy atom. The quantitative estimate of drug-likeness (QED) is 0.569. The van der Waals surface area contributed by atoms with Crippen molar-refractivity contribution in [3.05, 3.63) is 47.5 Å². The molecule has 1 aliphatic rings. The summed E-state index contributed by atoms with van der Waals surface area (Å²) >= 11 is 8.07. The number of quaternary nitrogens is 1. The first-order valence-electron chi connectivity index (χ1n) is 7.58. The molecule has 0 aromatic heterocycles. The predicted molar refractivity (Wildman–Crippen MR) is 96.5 cm³/mol. The fourth-order valence-electron chi connectivity index (χ4n) is 2.75. The molecule has 0 radical (unpaired) electrons. The van der Waals surface area contributed by atoms with Crippen molar-refractivity contribution < 1.29 is 4.48 Å². The van der Waals surface area contributed by atoms with Gasteiger partial charge in [-0.1, -0.05) is 35.5 Å². The first-order valence-corrected chi connectivity index (χ1v) is 8.78. The third-order valence-corrected chi connectivity index (χ3v) is 5.16. The van der Waals surface area contributed by atoms with Crippen LogP contribution in [0.3, 0.4) is 0 Å². The van der Waals surface area contributed by atoms with Gasteiger partial charge in [0.25, 0.3) is 0 Å². The van der Waals surface area contributed by atoms with Crippen LogP contribution in [0.5, 0.6) is 0 Å². The summed E-state index contributed by atoms with van der Waals surface area (Å²) in [6.07, 6.45) is 1.15. The van der Waals surface area contributed by atoms with Crippen LogP contribution in [0.4, 0.5) is 11.4 Å². The number of benzene rings is 2. The van der Waals surface area contributed by atoms with E-state index in [-0.39, 0.29) is 0 Å². The molecule has 1 heterocycles. The van der Waals surface area contributed by atoms with Crippen LogP contribution < -0.4 is 4.90 Å². The van der Waals surface area contributed by atoms with Crippen molar-refractivity contribution in [1.82, 2.24) is 0 Å². The molecule has 0 aliphatic carbocycles. The lowest BCUT2D eigenvalue weighted by atomic mass is 10.2. The van der Waals surface area contributed by atoms with Gasteiger partial charge in [-0.25, -0.2) is 0 Å². The number of rotatable bonds is 4. The van der Waals surface area contributed by atoms with Gasteiger partial charge < -0.3 is 9.38 Å². The Labute approximate surface area is 142 Å². The summed E-state index contributed by atoms with van der Waals surface area (Å²) in [5.41, 5.74) is 2.53. The van der Waals surface area contributed by atoms with E-state index in [1.165, 1.54) is 21.2 Å². The van der Waals surface area contributed by atoms with E-state index >= 15 is 0 Å². The molecule has 3 rings (SSSR count). The number of hydrogen-bond donors (Lipinski definition) is 0. The van der Waals surface area contributed by atoms with Crippen LogP contribution in [0.2, 0.25) is 5.02 Å². The van der Waals surface area contributed by atoms with Gasteiger partial charge in [-0.3, -0.25) is 0 Å². The maximum atomic E-state index is 6.24. The van der Waals surface area contributed by atoms with Crippen LogP contribution in [0.1, 0.15) is 6.42 Å². The van der Waals surface area contributed by atoms with Crippen LogP contribution in [-0.4, -0.2) is 38.7 Å². The molecular formula is C18H22ClN2S+. The molecule has 0 spiro atoms. The number of anilines is 2. The Morgan fingerprint density at radius 1 is 1.00 bits per heavy atom. The molecule has 0 unspecified atom stereocenters. The molecule has 0 N–H and O–H groups in total. The third-order valence-electron chi connectivity index (χ3n) is 3.80. The largest absolute Gasteiger partial charge is 0.339 e. The number of nitrogens with zero attached hydrogens (tertiary/aromatic N) is 2. The van der Waals surface area contributed by atoms with E-state index in [0.29, 0.717) is 0 Å². The van der Waals surface area contributed by atoms with Crippen molar-refractivity contribution >= 4 is 34.7 Å². The van der Waals surface area contributed by atoms with E-state index in [9.17, 15) is 0 Å². The topological polar surface area (TPSA) is 3.24 Å². The maximum Gasteiger partial charge on any atom is 0.0797 e. The summed E-state index contributed by atoms with van der Waals surface area (Å²) < 4.78 is 0.993. The predicted octanol–water partition coefficient (Wildman–Crippen LogP) is 5.04. The molecule has 2 aromatic rings. The molecule has 0 fully saturated rings. The van der Waals surface area contributed by atoms with Crippen LogP contribution in [0, 0.1) is 0 Å². The second-order valence-electron chi connectivity index (χ2n) is 6.70. The molecule has 22 heavy (non-hydrogen) atoms. The second-order valence-corrected chi connectivity index (χ2v) is 8.22. The van der Waals surface area contributed by atoms with Crippen molar-refractivity contribution in [2.45, 2.75) is 16.2 Å². The second kappa shape index (κ2) is 6.15. The summed E-state index contributed by atoms with van der Waals surface area (Å²) in [6, 6.07) is 14.8. The average molecular weight is 335 g/mol. The SMILES string of the molecule is C[N+](C)([13CH3])CCCN1c2ccccc2Sc2ccc(Cl)cc21. The zero-order valence-corrected chi connectivity index (χ0v) is 14.9. The molecule has 0 atom stereocenters. The minimum atomic E-state index is 0.801. The van der Waals surface area contributed by atoms with Crippen molar-refractivity contribution in [2.24, 2.45) is 0 Å². The molecule has 2 aromatic carbocycles. The average Bonchev–Trinajstić information content (AvgIpc) is 2.46. The zero-order chi connectivity index (χ0) is 15.7. The first-order chi connectivity index (χ1) is 10.4.